The monoisotopic (exact) mass is 264 g/mol. The van der Waals surface area contributed by atoms with Gasteiger partial charge in [-0.3, -0.25) is 0 Å². The number of unbranched alkanes of at least 4 members (excludes halogenated alkanes) is 1. The Morgan fingerprint density at radius 1 is 1.33 bits per heavy atom. The third kappa shape index (κ3) is 2.54. The number of hydrogen-bond acceptors (Lipinski definition) is 1. The average Bonchev–Trinajstić information content (AvgIpc) is 2.72. The molecule has 3 heteroatoms. The van der Waals surface area contributed by atoms with Crippen LogP contribution in [-0.4, -0.2) is 9.55 Å². The second-order valence-electron chi connectivity index (χ2n) is 5.07. The maximum Gasteiger partial charge on any atom is 0.124 e. The van der Waals surface area contributed by atoms with E-state index >= 15 is 0 Å². The Kier molecular flexibility index (Phi) is 4.28. The maximum atomic E-state index is 6.00. The Balaban J connectivity index is 2.48. The summed E-state index contributed by atoms with van der Waals surface area (Å²) in [6.45, 7) is 7.63. The lowest BCUT2D eigenvalue weighted by Gasteiger charge is -2.08. The van der Waals surface area contributed by atoms with Gasteiger partial charge in [-0.05, 0) is 30.0 Å². The predicted octanol–water partition coefficient (Wildman–Crippen LogP) is 4.70. The van der Waals surface area contributed by atoms with E-state index < -0.39 is 0 Å². The van der Waals surface area contributed by atoms with E-state index in [1.807, 2.05) is 0 Å². The highest BCUT2D eigenvalue weighted by molar-refractivity contribution is 6.16. The van der Waals surface area contributed by atoms with Gasteiger partial charge >= 0.3 is 0 Å². The molecule has 0 amide bonds. The SMILES string of the molecule is CCCCn1c(CCl)nc2cc(C(C)C)ccc21. The molecule has 2 rings (SSSR count). The molecule has 0 atom stereocenters. The molecule has 0 aliphatic carbocycles. The van der Waals surface area contributed by atoms with E-state index in [1.165, 1.54) is 23.9 Å². The number of hydrogen-bond donors (Lipinski definition) is 0. The molecule has 0 spiro atoms. The number of fused-ring (bicyclic) bond motifs is 1. The van der Waals surface area contributed by atoms with Gasteiger partial charge < -0.3 is 4.57 Å². The number of aryl methyl sites for hydroxylation is 1. The molecule has 0 fully saturated rings. The first-order valence-electron chi connectivity index (χ1n) is 6.72. The third-order valence-corrected chi connectivity index (χ3v) is 3.61. The van der Waals surface area contributed by atoms with Crippen molar-refractivity contribution in [3.63, 3.8) is 0 Å². The van der Waals surface area contributed by atoms with Crippen molar-refractivity contribution in [1.29, 1.82) is 0 Å². The van der Waals surface area contributed by atoms with Gasteiger partial charge in [0.15, 0.2) is 0 Å². The van der Waals surface area contributed by atoms with Gasteiger partial charge in [-0.15, -0.1) is 11.6 Å². The van der Waals surface area contributed by atoms with E-state index in [4.69, 9.17) is 11.6 Å². The summed E-state index contributed by atoms with van der Waals surface area (Å²) in [4.78, 5) is 4.66. The van der Waals surface area contributed by atoms with Crippen molar-refractivity contribution in [2.75, 3.05) is 0 Å². The number of halogens is 1. The van der Waals surface area contributed by atoms with Crippen LogP contribution in [0.2, 0.25) is 0 Å². The zero-order valence-corrected chi connectivity index (χ0v) is 12.2. The minimum Gasteiger partial charge on any atom is -0.327 e. The Morgan fingerprint density at radius 3 is 2.72 bits per heavy atom. The molecule has 1 aromatic carbocycles. The molecule has 0 unspecified atom stereocenters. The summed E-state index contributed by atoms with van der Waals surface area (Å²) in [6.07, 6.45) is 2.35. The molecule has 0 N–H and O–H groups in total. The van der Waals surface area contributed by atoms with Crippen molar-refractivity contribution >= 4 is 22.6 Å². The summed E-state index contributed by atoms with van der Waals surface area (Å²) in [5.74, 6) is 2.01. The fourth-order valence-corrected chi connectivity index (χ4v) is 2.43. The summed E-state index contributed by atoms with van der Waals surface area (Å²) in [5.41, 5.74) is 3.63. The van der Waals surface area contributed by atoms with Crippen molar-refractivity contribution in [2.45, 2.75) is 52.0 Å². The standard InChI is InChI=1S/C15H21ClN2/c1-4-5-8-18-14-7-6-12(11(2)3)9-13(14)17-15(18)10-16/h6-7,9,11H,4-5,8,10H2,1-3H3. The second kappa shape index (κ2) is 5.75. The number of rotatable bonds is 5. The topological polar surface area (TPSA) is 17.8 Å². The number of benzene rings is 1. The summed E-state index contributed by atoms with van der Waals surface area (Å²) in [6, 6.07) is 6.58. The molecule has 1 aromatic heterocycles. The van der Waals surface area contributed by atoms with Crippen molar-refractivity contribution in [3.05, 3.63) is 29.6 Å². The van der Waals surface area contributed by atoms with Crippen molar-refractivity contribution in [1.82, 2.24) is 9.55 Å². The lowest BCUT2D eigenvalue weighted by molar-refractivity contribution is 0.628. The Bertz CT molecular complexity index is 529. The summed E-state index contributed by atoms with van der Waals surface area (Å²) < 4.78 is 2.26. The van der Waals surface area contributed by atoms with Crippen molar-refractivity contribution < 1.29 is 0 Å². The minimum atomic E-state index is 0.482. The second-order valence-corrected chi connectivity index (χ2v) is 5.34. The molecule has 0 radical (unpaired) electrons. The molecule has 0 bridgehead atoms. The highest BCUT2D eigenvalue weighted by Crippen LogP contribution is 2.23. The van der Waals surface area contributed by atoms with Gasteiger partial charge in [-0.25, -0.2) is 4.98 Å². The van der Waals surface area contributed by atoms with Gasteiger partial charge in [-0.2, -0.15) is 0 Å². The lowest BCUT2D eigenvalue weighted by atomic mass is 10.0. The Morgan fingerprint density at radius 2 is 2.11 bits per heavy atom. The molecule has 18 heavy (non-hydrogen) atoms. The van der Waals surface area contributed by atoms with Crippen LogP contribution in [0.25, 0.3) is 11.0 Å². The quantitative estimate of drug-likeness (QED) is 0.716. The number of aromatic nitrogens is 2. The van der Waals surface area contributed by atoms with Crippen molar-refractivity contribution in [3.8, 4) is 0 Å². The maximum absolute atomic E-state index is 6.00. The van der Waals surface area contributed by atoms with Crippen LogP contribution in [0.1, 0.15) is 50.9 Å². The Hall–Kier alpha value is -1.02. The van der Waals surface area contributed by atoms with Gasteiger partial charge in [-0.1, -0.05) is 33.3 Å². The van der Waals surface area contributed by atoms with Crippen LogP contribution < -0.4 is 0 Å². The molecular formula is C15H21ClN2. The molecule has 0 aliphatic heterocycles. The fraction of sp³-hybridized carbons (Fsp3) is 0.533. The van der Waals surface area contributed by atoms with Gasteiger partial charge in [0.1, 0.15) is 5.82 Å². The molecule has 1 heterocycles. The van der Waals surface area contributed by atoms with E-state index in [9.17, 15) is 0 Å². The highest BCUT2D eigenvalue weighted by atomic mass is 35.5. The minimum absolute atomic E-state index is 0.482. The third-order valence-electron chi connectivity index (χ3n) is 3.37. The van der Waals surface area contributed by atoms with E-state index in [-0.39, 0.29) is 0 Å². The first-order valence-corrected chi connectivity index (χ1v) is 7.25. The molecule has 0 saturated carbocycles. The number of imidazole rings is 1. The van der Waals surface area contributed by atoms with E-state index in [0.717, 1.165) is 17.9 Å². The molecule has 2 aromatic rings. The molecule has 0 aliphatic rings. The molecular weight excluding hydrogens is 244 g/mol. The summed E-state index contributed by atoms with van der Waals surface area (Å²) in [7, 11) is 0. The first kappa shape index (κ1) is 13.4. The molecule has 0 saturated heterocycles. The van der Waals surface area contributed by atoms with Crippen LogP contribution in [0.5, 0.6) is 0 Å². The van der Waals surface area contributed by atoms with Crippen molar-refractivity contribution in [2.24, 2.45) is 0 Å². The lowest BCUT2D eigenvalue weighted by Crippen LogP contribution is -2.02. The Labute approximate surface area is 114 Å². The molecule has 2 nitrogen and oxygen atoms in total. The van der Waals surface area contributed by atoms with Crippen LogP contribution in [0.15, 0.2) is 18.2 Å². The average molecular weight is 265 g/mol. The van der Waals surface area contributed by atoms with Gasteiger partial charge in [0.2, 0.25) is 0 Å². The normalized spacial score (nSPS) is 11.6. The van der Waals surface area contributed by atoms with E-state index in [1.54, 1.807) is 0 Å². The zero-order valence-electron chi connectivity index (χ0n) is 11.4. The highest BCUT2D eigenvalue weighted by Gasteiger charge is 2.10. The summed E-state index contributed by atoms with van der Waals surface area (Å²) >= 11 is 6.00. The zero-order chi connectivity index (χ0) is 13.1. The van der Waals surface area contributed by atoms with Crippen LogP contribution >= 0.6 is 11.6 Å². The summed E-state index contributed by atoms with van der Waals surface area (Å²) in [5, 5.41) is 0. The number of nitrogens with zero attached hydrogens (tertiary/aromatic N) is 2. The van der Waals surface area contributed by atoms with Gasteiger partial charge in [0.05, 0.1) is 16.9 Å². The van der Waals surface area contributed by atoms with E-state index in [2.05, 4.69) is 48.5 Å². The largest absolute Gasteiger partial charge is 0.327 e. The molecule has 98 valence electrons. The van der Waals surface area contributed by atoms with Gasteiger partial charge in [0, 0.05) is 6.54 Å². The van der Waals surface area contributed by atoms with Crippen LogP contribution in [0, 0.1) is 0 Å². The van der Waals surface area contributed by atoms with E-state index in [0.29, 0.717) is 11.8 Å². The first-order chi connectivity index (χ1) is 8.67. The van der Waals surface area contributed by atoms with Gasteiger partial charge in [0.25, 0.3) is 0 Å². The van der Waals surface area contributed by atoms with Crippen LogP contribution in [-0.2, 0) is 12.4 Å². The predicted molar refractivity (Wildman–Crippen MR) is 78.3 cm³/mol. The fourth-order valence-electron chi connectivity index (χ4n) is 2.22. The van der Waals surface area contributed by atoms with Crippen LogP contribution in [0.4, 0.5) is 0 Å². The number of alkyl halides is 1. The smallest absolute Gasteiger partial charge is 0.124 e. The van der Waals surface area contributed by atoms with Crippen LogP contribution in [0.3, 0.4) is 0 Å².